The number of anilines is 2. The lowest BCUT2D eigenvalue weighted by atomic mass is 10.1. The molecule has 1 aliphatic heterocycles. The number of thioether (sulfide) groups is 1. The molecule has 172 valence electrons. The Morgan fingerprint density at radius 2 is 1.94 bits per heavy atom. The standard InChI is InChI=1S/C23H30N4O4S/c1-4-25-9-11-26(12-10-25)20-7-6-19(13-17(20)2)24-23(28)16-32-15-18-5-8-22(31-3)21(14-18)27(29)30/h5-8,13-14H,4,9-12,15-16H2,1-3H3,(H,24,28). The molecule has 0 bridgehead atoms. The molecule has 2 aromatic carbocycles. The summed E-state index contributed by atoms with van der Waals surface area (Å²) >= 11 is 1.41. The van der Waals surface area contributed by atoms with Crippen LogP contribution in [-0.4, -0.2) is 61.3 Å². The summed E-state index contributed by atoms with van der Waals surface area (Å²) in [6, 6.07) is 10.9. The predicted molar refractivity (Wildman–Crippen MR) is 130 cm³/mol. The number of hydrogen-bond donors (Lipinski definition) is 1. The molecule has 32 heavy (non-hydrogen) atoms. The summed E-state index contributed by atoms with van der Waals surface area (Å²) in [6.45, 7) is 9.53. The van der Waals surface area contributed by atoms with Gasteiger partial charge in [0.05, 0.1) is 17.8 Å². The lowest BCUT2D eigenvalue weighted by Crippen LogP contribution is -2.46. The lowest BCUT2D eigenvalue weighted by Gasteiger charge is -2.36. The molecule has 8 nitrogen and oxygen atoms in total. The van der Waals surface area contributed by atoms with Gasteiger partial charge in [0.15, 0.2) is 5.75 Å². The summed E-state index contributed by atoms with van der Waals surface area (Å²) in [5, 5.41) is 14.1. The van der Waals surface area contributed by atoms with E-state index in [1.165, 1.54) is 30.6 Å². The molecule has 0 aliphatic carbocycles. The van der Waals surface area contributed by atoms with Crippen molar-refractivity contribution in [3.8, 4) is 5.75 Å². The Morgan fingerprint density at radius 1 is 1.19 bits per heavy atom. The van der Waals surface area contributed by atoms with Gasteiger partial charge in [0.25, 0.3) is 0 Å². The second-order valence-corrected chi connectivity index (χ2v) is 8.71. The van der Waals surface area contributed by atoms with Gasteiger partial charge in [-0.2, -0.15) is 0 Å². The Balaban J connectivity index is 1.50. The smallest absolute Gasteiger partial charge is 0.311 e. The molecule has 1 N–H and O–H groups in total. The lowest BCUT2D eigenvalue weighted by molar-refractivity contribution is -0.385. The largest absolute Gasteiger partial charge is 0.490 e. The number of aryl methyl sites for hydroxylation is 1. The highest BCUT2D eigenvalue weighted by atomic mass is 32.2. The first kappa shape index (κ1) is 23.9. The summed E-state index contributed by atoms with van der Waals surface area (Å²) in [5.74, 6) is 0.897. The van der Waals surface area contributed by atoms with Gasteiger partial charge in [-0.15, -0.1) is 11.8 Å². The van der Waals surface area contributed by atoms with Crippen LogP contribution in [0, 0.1) is 17.0 Å². The second-order valence-electron chi connectivity index (χ2n) is 7.73. The number of nitrogens with zero attached hydrogens (tertiary/aromatic N) is 3. The van der Waals surface area contributed by atoms with Crippen molar-refractivity contribution >= 4 is 34.7 Å². The van der Waals surface area contributed by atoms with Crippen LogP contribution in [0.5, 0.6) is 5.75 Å². The Hall–Kier alpha value is -2.78. The average Bonchev–Trinajstić information content (AvgIpc) is 2.79. The quantitative estimate of drug-likeness (QED) is 0.450. The fourth-order valence-corrected chi connectivity index (χ4v) is 4.59. The van der Waals surface area contributed by atoms with E-state index < -0.39 is 4.92 Å². The van der Waals surface area contributed by atoms with Crippen molar-refractivity contribution in [1.82, 2.24) is 4.90 Å². The molecule has 2 aromatic rings. The van der Waals surface area contributed by atoms with Crippen LogP contribution in [0.4, 0.5) is 17.1 Å². The zero-order valence-electron chi connectivity index (χ0n) is 18.8. The number of hydrogen-bond acceptors (Lipinski definition) is 7. The first-order valence-corrected chi connectivity index (χ1v) is 11.8. The minimum atomic E-state index is -0.463. The van der Waals surface area contributed by atoms with Crippen molar-refractivity contribution in [3.05, 3.63) is 57.6 Å². The van der Waals surface area contributed by atoms with Crippen molar-refractivity contribution in [2.45, 2.75) is 19.6 Å². The van der Waals surface area contributed by atoms with E-state index in [1.54, 1.807) is 12.1 Å². The SMILES string of the molecule is CCN1CCN(c2ccc(NC(=O)CSCc3ccc(OC)c([N+](=O)[O-])c3)cc2C)CC1. The van der Waals surface area contributed by atoms with Crippen molar-refractivity contribution in [2.75, 3.05) is 55.8 Å². The molecule has 0 atom stereocenters. The maximum absolute atomic E-state index is 12.4. The summed E-state index contributed by atoms with van der Waals surface area (Å²) in [7, 11) is 1.40. The van der Waals surface area contributed by atoms with Gasteiger partial charge in [-0.05, 0) is 48.9 Å². The first-order chi connectivity index (χ1) is 15.4. The Kier molecular flexibility index (Phi) is 8.35. The maximum atomic E-state index is 12.4. The van der Waals surface area contributed by atoms with Gasteiger partial charge in [0.1, 0.15) is 0 Å². The minimum Gasteiger partial charge on any atom is -0.490 e. The van der Waals surface area contributed by atoms with E-state index in [4.69, 9.17) is 4.74 Å². The summed E-state index contributed by atoms with van der Waals surface area (Å²) in [4.78, 5) is 27.9. The van der Waals surface area contributed by atoms with Gasteiger partial charge < -0.3 is 19.9 Å². The normalized spacial score (nSPS) is 14.3. The minimum absolute atomic E-state index is 0.0678. The van der Waals surface area contributed by atoms with Gasteiger partial charge in [-0.25, -0.2) is 0 Å². The number of ether oxygens (including phenoxy) is 1. The van der Waals surface area contributed by atoms with Crippen LogP contribution in [0.2, 0.25) is 0 Å². The molecular weight excluding hydrogens is 428 g/mol. The van der Waals surface area contributed by atoms with E-state index >= 15 is 0 Å². The number of likely N-dealkylation sites (N-methyl/N-ethyl adjacent to an activating group) is 1. The number of nitro benzene ring substituents is 1. The van der Waals surface area contributed by atoms with Crippen LogP contribution in [0.25, 0.3) is 0 Å². The van der Waals surface area contributed by atoms with E-state index in [0.29, 0.717) is 5.75 Å². The zero-order valence-corrected chi connectivity index (χ0v) is 19.6. The fourth-order valence-electron chi connectivity index (χ4n) is 3.82. The number of rotatable bonds is 9. The van der Waals surface area contributed by atoms with Crippen LogP contribution in [-0.2, 0) is 10.5 Å². The van der Waals surface area contributed by atoms with E-state index in [1.807, 2.05) is 12.1 Å². The Bertz CT molecular complexity index is 961. The molecular formula is C23H30N4O4S. The van der Waals surface area contributed by atoms with Gasteiger partial charge in [-0.3, -0.25) is 14.9 Å². The number of carbonyl (C=O) groups is 1. The summed E-state index contributed by atoms with van der Waals surface area (Å²) in [5.41, 5.74) is 3.85. The first-order valence-electron chi connectivity index (χ1n) is 10.7. The number of carbonyl (C=O) groups excluding carboxylic acids is 1. The monoisotopic (exact) mass is 458 g/mol. The number of amides is 1. The van der Waals surface area contributed by atoms with Crippen molar-refractivity contribution < 1.29 is 14.5 Å². The van der Waals surface area contributed by atoms with Crippen molar-refractivity contribution in [1.29, 1.82) is 0 Å². The van der Waals surface area contributed by atoms with Gasteiger partial charge in [-0.1, -0.05) is 13.0 Å². The molecule has 1 heterocycles. The topological polar surface area (TPSA) is 88.0 Å². The van der Waals surface area contributed by atoms with Crippen molar-refractivity contribution in [3.63, 3.8) is 0 Å². The van der Waals surface area contributed by atoms with Crippen LogP contribution < -0.4 is 15.0 Å². The van der Waals surface area contributed by atoms with Crippen LogP contribution in [0.3, 0.4) is 0 Å². The highest BCUT2D eigenvalue weighted by molar-refractivity contribution is 7.99. The highest BCUT2D eigenvalue weighted by Crippen LogP contribution is 2.29. The molecule has 3 rings (SSSR count). The second kappa shape index (κ2) is 11.2. The third-order valence-electron chi connectivity index (χ3n) is 5.58. The fraction of sp³-hybridized carbons (Fsp3) is 0.435. The predicted octanol–water partition coefficient (Wildman–Crippen LogP) is 3.93. The van der Waals surface area contributed by atoms with Crippen LogP contribution in [0.1, 0.15) is 18.1 Å². The highest BCUT2D eigenvalue weighted by Gasteiger charge is 2.18. The number of nitrogens with one attached hydrogen (secondary N) is 1. The zero-order chi connectivity index (χ0) is 23.1. The average molecular weight is 459 g/mol. The molecule has 1 aliphatic rings. The van der Waals surface area contributed by atoms with Gasteiger partial charge in [0.2, 0.25) is 5.91 Å². The summed E-state index contributed by atoms with van der Waals surface area (Å²) in [6.07, 6.45) is 0. The maximum Gasteiger partial charge on any atom is 0.311 e. The van der Waals surface area contributed by atoms with E-state index in [0.717, 1.165) is 49.5 Å². The molecule has 0 saturated carbocycles. The number of benzene rings is 2. The summed E-state index contributed by atoms with van der Waals surface area (Å²) < 4.78 is 5.02. The van der Waals surface area contributed by atoms with Gasteiger partial charge in [0, 0.05) is 49.4 Å². The Labute approximate surface area is 193 Å². The molecule has 0 radical (unpaired) electrons. The third-order valence-corrected chi connectivity index (χ3v) is 6.59. The number of methoxy groups -OCH3 is 1. The van der Waals surface area contributed by atoms with Crippen LogP contribution >= 0.6 is 11.8 Å². The molecule has 9 heteroatoms. The van der Waals surface area contributed by atoms with Gasteiger partial charge >= 0.3 is 5.69 Å². The molecule has 0 aromatic heterocycles. The van der Waals surface area contributed by atoms with Crippen LogP contribution in [0.15, 0.2) is 36.4 Å². The van der Waals surface area contributed by atoms with E-state index in [9.17, 15) is 14.9 Å². The molecule has 0 unspecified atom stereocenters. The van der Waals surface area contributed by atoms with Crippen molar-refractivity contribution in [2.24, 2.45) is 0 Å². The number of nitro groups is 1. The van der Waals surface area contributed by atoms with E-state index in [-0.39, 0.29) is 23.1 Å². The Morgan fingerprint density at radius 3 is 2.56 bits per heavy atom. The molecule has 1 fully saturated rings. The third kappa shape index (κ3) is 6.14. The molecule has 1 amide bonds. The number of piperazine rings is 1. The molecule has 1 saturated heterocycles. The van der Waals surface area contributed by atoms with E-state index in [2.05, 4.69) is 35.0 Å². The molecule has 0 spiro atoms.